The number of aromatic nitrogens is 3. The second-order valence-electron chi connectivity index (χ2n) is 4.52. The van der Waals surface area contributed by atoms with E-state index in [1.165, 1.54) is 5.56 Å². The van der Waals surface area contributed by atoms with Crippen LogP contribution < -0.4 is 9.46 Å². The molecule has 2 aromatic rings. The van der Waals surface area contributed by atoms with E-state index in [9.17, 15) is 0 Å². The van der Waals surface area contributed by atoms with E-state index in [0.29, 0.717) is 6.61 Å². The molecule has 0 fully saturated rings. The molecule has 20 heavy (non-hydrogen) atoms. The van der Waals surface area contributed by atoms with E-state index in [-0.39, 0.29) is 0 Å². The second kappa shape index (κ2) is 8.60. The van der Waals surface area contributed by atoms with Gasteiger partial charge in [0.25, 0.3) is 0 Å². The molecule has 108 valence electrons. The van der Waals surface area contributed by atoms with Crippen LogP contribution in [0.2, 0.25) is 0 Å². The fraction of sp³-hybridized carbons (Fsp3) is 0.429. The normalized spacial score (nSPS) is 10.7. The molecule has 5 nitrogen and oxygen atoms in total. The molecule has 1 aromatic heterocycles. The minimum atomic E-state index is 0.626. The molecule has 6 heteroatoms. The van der Waals surface area contributed by atoms with Gasteiger partial charge in [-0.1, -0.05) is 30.2 Å². The van der Waals surface area contributed by atoms with Crippen molar-refractivity contribution < 1.29 is 4.74 Å². The zero-order chi connectivity index (χ0) is 14.0. The molecule has 0 unspecified atom stereocenters. The molecule has 0 aliphatic carbocycles. The van der Waals surface area contributed by atoms with Crippen LogP contribution in [0, 0.1) is 0 Å². The molecule has 1 N–H and O–H groups in total. The van der Waals surface area contributed by atoms with Crippen LogP contribution in [0.1, 0.15) is 18.4 Å². The van der Waals surface area contributed by atoms with Crippen LogP contribution in [0.25, 0.3) is 0 Å². The summed E-state index contributed by atoms with van der Waals surface area (Å²) in [6.45, 7) is 2.28. The monoisotopic (exact) mass is 292 g/mol. The number of nitrogens with one attached hydrogen (secondary N) is 1. The lowest BCUT2D eigenvalue weighted by molar-refractivity contribution is 0.324. The van der Waals surface area contributed by atoms with Gasteiger partial charge in [-0.3, -0.25) is 9.40 Å². The third-order valence-electron chi connectivity index (χ3n) is 2.98. The van der Waals surface area contributed by atoms with Crippen molar-refractivity contribution in [3.63, 3.8) is 0 Å². The summed E-state index contributed by atoms with van der Waals surface area (Å²) in [5.74, 6) is 0.903. The highest BCUT2D eigenvalue weighted by atomic mass is 32.1. The summed E-state index contributed by atoms with van der Waals surface area (Å²) in [5, 5.41) is 7.74. The van der Waals surface area contributed by atoms with Gasteiger partial charge >= 0.3 is 0 Å². The van der Waals surface area contributed by atoms with Crippen molar-refractivity contribution >= 4 is 12.8 Å². The van der Waals surface area contributed by atoms with Gasteiger partial charge in [-0.25, -0.2) is 0 Å². The van der Waals surface area contributed by atoms with Gasteiger partial charge in [0, 0.05) is 19.3 Å². The van der Waals surface area contributed by atoms with Gasteiger partial charge in [-0.2, -0.15) is 0 Å². The van der Waals surface area contributed by atoms with Gasteiger partial charge in [0.2, 0.25) is 0 Å². The molecular formula is C14H20N4OS. The topological polar surface area (TPSA) is 52.0 Å². The van der Waals surface area contributed by atoms with Gasteiger partial charge in [-0.15, -0.1) is 5.10 Å². The first-order valence-electron chi connectivity index (χ1n) is 6.81. The first-order chi connectivity index (χ1) is 9.88. The van der Waals surface area contributed by atoms with Crippen LogP contribution in [0.4, 0.5) is 0 Å². The molecule has 0 aliphatic rings. The van der Waals surface area contributed by atoms with E-state index in [1.807, 2.05) is 23.0 Å². The minimum Gasteiger partial charge on any atom is -0.492 e. The lowest BCUT2D eigenvalue weighted by Gasteiger charge is -2.07. The number of hydrogen-bond acceptors (Lipinski definition) is 5. The van der Waals surface area contributed by atoms with Crippen molar-refractivity contribution in [3.05, 3.63) is 42.2 Å². The zero-order valence-corrected chi connectivity index (χ0v) is 12.3. The molecule has 0 bridgehead atoms. The van der Waals surface area contributed by atoms with Crippen LogP contribution in [-0.4, -0.2) is 28.1 Å². The molecule has 0 saturated heterocycles. The second-order valence-corrected chi connectivity index (χ2v) is 4.84. The summed E-state index contributed by atoms with van der Waals surface area (Å²) in [6, 6.07) is 8.29. The Balaban J connectivity index is 1.65. The van der Waals surface area contributed by atoms with Gasteiger partial charge in [0.1, 0.15) is 12.4 Å². The summed E-state index contributed by atoms with van der Waals surface area (Å²) < 4.78 is 10.2. The summed E-state index contributed by atoms with van der Waals surface area (Å²) >= 11 is 3.91. The number of nitrogens with zero attached hydrogens (tertiary/aromatic N) is 3. The fourth-order valence-corrected chi connectivity index (χ4v) is 2.01. The Kier molecular flexibility index (Phi) is 6.40. The lowest BCUT2D eigenvalue weighted by Crippen LogP contribution is -2.11. The van der Waals surface area contributed by atoms with Gasteiger partial charge in [-0.05, 0) is 37.0 Å². The number of unbranched alkanes of at least 4 members (excludes halogenated alkanes) is 1. The fourth-order valence-electron chi connectivity index (χ4n) is 1.92. The predicted molar refractivity (Wildman–Crippen MR) is 81.9 cm³/mol. The maximum absolute atomic E-state index is 5.55. The molecule has 1 heterocycles. The molecule has 1 aromatic carbocycles. The first-order valence-corrected chi connectivity index (χ1v) is 7.26. The Morgan fingerprint density at radius 2 is 2.05 bits per heavy atom. The molecule has 2 rings (SSSR count). The molecule has 0 spiro atoms. The van der Waals surface area contributed by atoms with Gasteiger partial charge in [0.05, 0.1) is 6.20 Å². The maximum Gasteiger partial charge on any atom is 0.119 e. The Morgan fingerprint density at radius 3 is 2.75 bits per heavy atom. The number of thiol groups is 1. The van der Waals surface area contributed by atoms with E-state index in [4.69, 9.17) is 4.74 Å². The van der Waals surface area contributed by atoms with E-state index in [0.717, 1.165) is 38.1 Å². The zero-order valence-electron chi connectivity index (χ0n) is 11.4. The maximum atomic E-state index is 5.55. The smallest absolute Gasteiger partial charge is 0.119 e. The first kappa shape index (κ1) is 14.9. The van der Waals surface area contributed by atoms with E-state index >= 15 is 0 Å². The standard InChI is InChI=1S/C14H20N4OS/c20-16-9-12-19-14-6-4-13(5-7-14)3-1-2-10-18-11-8-15-17-18/h4-8,11,16,20H,1-3,9-10,12H2. The van der Waals surface area contributed by atoms with E-state index < -0.39 is 0 Å². The molecule has 0 aliphatic heterocycles. The third kappa shape index (κ3) is 5.22. The highest BCUT2D eigenvalue weighted by Gasteiger charge is 1.97. The quantitative estimate of drug-likeness (QED) is 0.549. The number of benzene rings is 1. The minimum absolute atomic E-state index is 0.626. The Hall–Kier alpha value is -1.53. The summed E-state index contributed by atoms with van der Waals surface area (Å²) in [6.07, 6.45) is 6.93. The number of hydrogen-bond donors (Lipinski definition) is 2. The van der Waals surface area contributed by atoms with Crippen LogP contribution >= 0.6 is 12.8 Å². The van der Waals surface area contributed by atoms with Crippen molar-refractivity contribution in [1.82, 2.24) is 19.7 Å². The number of ether oxygens (including phenoxy) is 1. The molecule has 0 saturated carbocycles. The van der Waals surface area contributed by atoms with Crippen molar-refractivity contribution in [3.8, 4) is 5.75 Å². The Morgan fingerprint density at radius 1 is 1.20 bits per heavy atom. The average molecular weight is 292 g/mol. The molecule has 0 atom stereocenters. The number of rotatable bonds is 9. The summed E-state index contributed by atoms with van der Waals surface area (Å²) in [4.78, 5) is 0. The lowest BCUT2D eigenvalue weighted by atomic mass is 10.1. The van der Waals surface area contributed by atoms with E-state index in [2.05, 4.69) is 40.0 Å². The highest BCUT2D eigenvalue weighted by molar-refractivity contribution is 7.78. The number of aryl methyl sites for hydroxylation is 2. The third-order valence-corrected chi connectivity index (χ3v) is 3.20. The average Bonchev–Trinajstić information content (AvgIpc) is 2.99. The Labute approximate surface area is 124 Å². The predicted octanol–water partition coefficient (Wildman–Crippen LogP) is 2.11. The van der Waals surface area contributed by atoms with Gasteiger partial charge in [0.15, 0.2) is 0 Å². The van der Waals surface area contributed by atoms with Gasteiger partial charge < -0.3 is 4.74 Å². The summed E-state index contributed by atoms with van der Waals surface area (Å²) in [5.41, 5.74) is 1.34. The largest absolute Gasteiger partial charge is 0.492 e. The van der Waals surface area contributed by atoms with Crippen LogP contribution in [0.5, 0.6) is 5.75 Å². The SMILES string of the molecule is SNCCOc1ccc(CCCCn2ccnn2)cc1. The highest BCUT2D eigenvalue weighted by Crippen LogP contribution is 2.14. The molecule has 0 radical (unpaired) electrons. The van der Waals surface area contributed by atoms with Crippen LogP contribution in [-0.2, 0) is 13.0 Å². The van der Waals surface area contributed by atoms with Crippen LogP contribution in [0.3, 0.4) is 0 Å². The summed E-state index contributed by atoms with van der Waals surface area (Å²) in [7, 11) is 0. The van der Waals surface area contributed by atoms with Crippen LogP contribution in [0.15, 0.2) is 36.7 Å². The molecule has 0 amide bonds. The van der Waals surface area contributed by atoms with Crippen molar-refractivity contribution in [2.75, 3.05) is 13.2 Å². The molecular weight excluding hydrogens is 272 g/mol. The van der Waals surface area contributed by atoms with E-state index in [1.54, 1.807) is 6.20 Å². The van der Waals surface area contributed by atoms with Crippen molar-refractivity contribution in [1.29, 1.82) is 0 Å². The Bertz CT molecular complexity index is 472. The van der Waals surface area contributed by atoms with Crippen molar-refractivity contribution in [2.45, 2.75) is 25.8 Å². The van der Waals surface area contributed by atoms with Crippen molar-refractivity contribution in [2.24, 2.45) is 0 Å².